The van der Waals surface area contributed by atoms with Gasteiger partial charge in [0.05, 0.1) is 18.0 Å². The van der Waals surface area contributed by atoms with Crippen molar-refractivity contribution in [3.05, 3.63) is 59.9 Å². The molecule has 0 atom stereocenters. The van der Waals surface area contributed by atoms with Gasteiger partial charge in [0.25, 0.3) is 5.91 Å². The van der Waals surface area contributed by atoms with Gasteiger partial charge in [-0.3, -0.25) is 4.79 Å². The van der Waals surface area contributed by atoms with Crippen molar-refractivity contribution in [2.75, 3.05) is 50.0 Å². The number of carbonyl (C=O) groups excluding carboxylic acids is 1. The van der Waals surface area contributed by atoms with E-state index in [0.29, 0.717) is 36.7 Å². The number of amides is 1. The number of nitrogens with one attached hydrogen (secondary N) is 1. The van der Waals surface area contributed by atoms with Crippen LogP contribution in [0.3, 0.4) is 0 Å². The molecule has 2 aromatic rings. The molecule has 1 N–H and O–H groups in total. The first-order chi connectivity index (χ1) is 14.4. The Hall–Kier alpha value is -2.65. The van der Waals surface area contributed by atoms with Gasteiger partial charge in [0.15, 0.2) is 0 Å². The van der Waals surface area contributed by atoms with E-state index in [1.54, 1.807) is 42.5 Å². The van der Waals surface area contributed by atoms with Gasteiger partial charge < -0.3 is 15.0 Å². The molecule has 0 unspecified atom stereocenters. The molecule has 0 aliphatic carbocycles. The zero-order valence-corrected chi connectivity index (χ0v) is 17.7. The monoisotopic (exact) mass is 435 g/mol. The summed E-state index contributed by atoms with van der Waals surface area (Å²) in [5.74, 6) is -0.162. The van der Waals surface area contributed by atoms with Crippen molar-refractivity contribution in [2.45, 2.75) is 6.92 Å². The van der Waals surface area contributed by atoms with E-state index in [2.05, 4.69) is 5.32 Å². The molecule has 1 saturated heterocycles. The van der Waals surface area contributed by atoms with Crippen LogP contribution in [0, 0.1) is 5.82 Å². The van der Waals surface area contributed by atoms with E-state index in [0.717, 1.165) is 0 Å². The molecule has 3 rings (SSSR count). The summed E-state index contributed by atoms with van der Waals surface area (Å²) in [6, 6.07) is 13.1. The van der Waals surface area contributed by atoms with E-state index in [4.69, 9.17) is 4.74 Å². The van der Waals surface area contributed by atoms with Crippen LogP contribution < -0.4 is 15.0 Å². The zero-order chi connectivity index (χ0) is 21.6. The molecule has 1 amide bonds. The molecule has 0 spiro atoms. The van der Waals surface area contributed by atoms with E-state index in [9.17, 15) is 17.6 Å². The minimum atomic E-state index is -3.51. The number of halogens is 1. The second-order valence-electron chi connectivity index (χ2n) is 6.87. The minimum absolute atomic E-state index is 0.0158. The third-order valence-electron chi connectivity index (χ3n) is 4.90. The molecule has 162 valence electrons. The van der Waals surface area contributed by atoms with Gasteiger partial charge in [-0.2, -0.15) is 4.31 Å². The topological polar surface area (TPSA) is 78.9 Å². The molecule has 30 heavy (non-hydrogen) atoms. The fourth-order valence-electron chi connectivity index (χ4n) is 3.31. The second-order valence-corrected chi connectivity index (χ2v) is 8.96. The number of para-hydroxylation sites is 1. The summed E-state index contributed by atoms with van der Waals surface area (Å²) in [6.07, 6.45) is 0. The van der Waals surface area contributed by atoms with Crippen LogP contribution in [0.4, 0.5) is 10.1 Å². The first kappa shape index (κ1) is 22.0. The standard InChI is InChI=1S/C21H26FN3O4S/c1-2-29-18-9-7-17(8-10-18)21(26)23-11-16-30(27,28)25-14-12-24(13-15-25)20-6-4-3-5-19(20)22/h3-10H,2,11-16H2,1H3,(H,23,26). The average molecular weight is 436 g/mol. The van der Waals surface area contributed by atoms with Gasteiger partial charge in [-0.05, 0) is 43.3 Å². The highest BCUT2D eigenvalue weighted by Crippen LogP contribution is 2.21. The van der Waals surface area contributed by atoms with E-state index >= 15 is 0 Å². The molecule has 1 fully saturated rings. The number of sulfonamides is 1. The van der Waals surface area contributed by atoms with Gasteiger partial charge >= 0.3 is 0 Å². The lowest BCUT2D eigenvalue weighted by atomic mass is 10.2. The first-order valence-electron chi connectivity index (χ1n) is 9.89. The van der Waals surface area contributed by atoms with Gasteiger partial charge in [-0.1, -0.05) is 12.1 Å². The molecule has 9 heteroatoms. The minimum Gasteiger partial charge on any atom is -0.494 e. The number of rotatable bonds is 8. The van der Waals surface area contributed by atoms with Gasteiger partial charge in [-0.25, -0.2) is 12.8 Å². The maximum absolute atomic E-state index is 13.9. The lowest BCUT2D eigenvalue weighted by Gasteiger charge is -2.35. The molecular weight excluding hydrogens is 409 g/mol. The SMILES string of the molecule is CCOc1ccc(C(=O)NCCS(=O)(=O)N2CCN(c3ccccc3F)CC2)cc1. The van der Waals surface area contributed by atoms with Crippen LogP contribution in [0.5, 0.6) is 5.75 Å². The van der Waals surface area contributed by atoms with Crippen LogP contribution in [0.2, 0.25) is 0 Å². The van der Waals surface area contributed by atoms with E-state index in [-0.39, 0.29) is 37.1 Å². The summed E-state index contributed by atoms with van der Waals surface area (Å²) in [4.78, 5) is 14.0. The van der Waals surface area contributed by atoms with E-state index in [1.165, 1.54) is 10.4 Å². The molecule has 0 aromatic heterocycles. The Bertz CT molecular complexity index is 958. The van der Waals surface area contributed by atoms with Crippen LogP contribution in [-0.2, 0) is 10.0 Å². The molecule has 0 saturated carbocycles. The average Bonchev–Trinajstić information content (AvgIpc) is 2.75. The second kappa shape index (κ2) is 9.90. The van der Waals surface area contributed by atoms with Crippen molar-refractivity contribution in [1.82, 2.24) is 9.62 Å². The quantitative estimate of drug-likeness (QED) is 0.687. The van der Waals surface area contributed by atoms with Gasteiger partial charge in [0.2, 0.25) is 10.0 Å². The van der Waals surface area contributed by atoms with Crippen molar-refractivity contribution in [2.24, 2.45) is 0 Å². The van der Waals surface area contributed by atoms with Gasteiger partial charge in [0.1, 0.15) is 11.6 Å². The number of ether oxygens (including phenoxy) is 1. The Morgan fingerprint density at radius 3 is 2.37 bits per heavy atom. The smallest absolute Gasteiger partial charge is 0.251 e. The zero-order valence-electron chi connectivity index (χ0n) is 16.9. The molecular formula is C21H26FN3O4S. The summed E-state index contributed by atoms with van der Waals surface area (Å²) in [7, 11) is -3.51. The maximum atomic E-state index is 13.9. The number of carbonyl (C=O) groups is 1. The fraction of sp³-hybridized carbons (Fsp3) is 0.381. The lowest BCUT2D eigenvalue weighted by Crippen LogP contribution is -2.50. The Balaban J connectivity index is 1.47. The number of piperazine rings is 1. The first-order valence-corrected chi connectivity index (χ1v) is 11.5. The van der Waals surface area contributed by atoms with Gasteiger partial charge in [0, 0.05) is 38.3 Å². The Kier molecular flexibility index (Phi) is 7.28. The molecule has 7 nitrogen and oxygen atoms in total. The lowest BCUT2D eigenvalue weighted by molar-refractivity contribution is 0.0956. The van der Waals surface area contributed by atoms with Crippen molar-refractivity contribution in [1.29, 1.82) is 0 Å². The largest absolute Gasteiger partial charge is 0.494 e. The predicted octanol–water partition coefficient (Wildman–Crippen LogP) is 2.11. The van der Waals surface area contributed by atoms with Gasteiger partial charge in [-0.15, -0.1) is 0 Å². The number of anilines is 1. The molecule has 0 bridgehead atoms. The third-order valence-corrected chi connectivity index (χ3v) is 6.77. The van der Waals surface area contributed by atoms with Crippen LogP contribution in [-0.4, -0.2) is 63.7 Å². The molecule has 0 radical (unpaired) electrons. The Morgan fingerprint density at radius 2 is 1.73 bits per heavy atom. The fourth-order valence-corrected chi connectivity index (χ4v) is 4.65. The van der Waals surface area contributed by atoms with E-state index in [1.807, 2.05) is 11.8 Å². The van der Waals surface area contributed by atoms with Crippen LogP contribution >= 0.6 is 0 Å². The summed E-state index contributed by atoms with van der Waals surface area (Å²) >= 11 is 0. The number of benzene rings is 2. The predicted molar refractivity (Wildman–Crippen MR) is 114 cm³/mol. The van der Waals surface area contributed by atoms with Crippen molar-refractivity contribution in [3.63, 3.8) is 0 Å². The number of hydrogen-bond acceptors (Lipinski definition) is 5. The number of hydrogen-bond donors (Lipinski definition) is 1. The van der Waals surface area contributed by atoms with Crippen molar-refractivity contribution in [3.8, 4) is 5.75 Å². The highest BCUT2D eigenvalue weighted by Gasteiger charge is 2.27. The summed E-state index contributed by atoms with van der Waals surface area (Å²) in [5, 5.41) is 2.64. The highest BCUT2D eigenvalue weighted by molar-refractivity contribution is 7.89. The molecule has 1 heterocycles. The highest BCUT2D eigenvalue weighted by atomic mass is 32.2. The van der Waals surface area contributed by atoms with Crippen molar-refractivity contribution < 1.29 is 22.3 Å². The maximum Gasteiger partial charge on any atom is 0.251 e. The summed E-state index contributed by atoms with van der Waals surface area (Å²) < 4.78 is 45.9. The van der Waals surface area contributed by atoms with Crippen molar-refractivity contribution >= 4 is 21.6 Å². The van der Waals surface area contributed by atoms with Crippen LogP contribution in [0.1, 0.15) is 17.3 Å². The molecule has 1 aliphatic rings. The van der Waals surface area contributed by atoms with Crippen LogP contribution in [0.25, 0.3) is 0 Å². The summed E-state index contributed by atoms with van der Waals surface area (Å²) in [6.45, 7) is 3.82. The third kappa shape index (κ3) is 5.48. The van der Waals surface area contributed by atoms with E-state index < -0.39 is 10.0 Å². The molecule has 1 aliphatic heterocycles. The normalized spacial score (nSPS) is 15.1. The Morgan fingerprint density at radius 1 is 1.07 bits per heavy atom. The summed E-state index contributed by atoms with van der Waals surface area (Å²) in [5.41, 5.74) is 0.923. The Labute approximate surface area is 176 Å². The van der Waals surface area contributed by atoms with Crippen LogP contribution in [0.15, 0.2) is 48.5 Å². The number of nitrogens with zero attached hydrogens (tertiary/aromatic N) is 2. The molecule has 2 aromatic carbocycles.